The molecule has 0 saturated heterocycles. The van der Waals surface area contributed by atoms with E-state index in [1.807, 2.05) is 0 Å². The molecule has 0 aromatic carbocycles. The quantitative estimate of drug-likeness (QED) is 0.803. The number of carbonyl (C=O) groups is 1. The molecule has 3 heteroatoms. The molecule has 3 nitrogen and oxygen atoms in total. The van der Waals surface area contributed by atoms with Gasteiger partial charge in [-0.25, -0.2) is 0 Å². The average molecular weight is 282 g/mol. The average Bonchev–Trinajstić information content (AvgIpc) is 2.41. The van der Waals surface area contributed by atoms with Crippen molar-refractivity contribution in [3.8, 4) is 0 Å². The van der Waals surface area contributed by atoms with Gasteiger partial charge in [0.2, 0.25) is 0 Å². The van der Waals surface area contributed by atoms with E-state index in [2.05, 4.69) is 13.8 Å². The molecule has 2 saturated carbocycles. The van der Waals surface area contributed by atoms with Crippen molar-refractivity contribution in [2.75, 3.05) is 0 Å². The molecule has 0 radical (unpaired) electrons. The van der Waals surface area contributed by atoms with Gasteiger partial charge in [0, 0.05) is 6.92 Å². The number of aliphatic hydroxyl groups excluding tert-OH is 1. The lowest BCUT2D eigenvalue weighted by Gasteiger charge is -2.46. The zero-order chi connectivity index (χ0) is 14.8. The van der Waals surface area contributed by atoms with Crippen LogP contribution in [0.5, 0.6) is 0 Å². The van der Waals surface area contributed by atoms with Crippen LogP contribution in [0.3, 0.4) is 0 Å². The Balaban J connectivity index is 1.94. The lowest BCUT2D eigenvalue weighted by Crippen LogP contribution is -2.43. The van der Waals surface area contributed by atoms with Crippen molar-refractivity contribution < 1.29 is 14.6 Å². The third-order valence-electron chi connectivity index (χ3n) is 5.78. The Morgan fingerprint density at radius 3 is 2.25 bits per heavy atom. The first-order valence-corrected chi connectivity index (χ1v) is 8.26. The van der Waals surface area contributed by atoms with Gasteiger partial charge in [0.1, 0.15) is 6.10 Å². The largest absolute Gasteiger partial charge is 0.460 e. The van der Waals surface area contributed by atoms with Crippen LogP contribution in [-0.4, -0.2) is 23.3 Å². The Kier molecular flexibility index (Phi) is 5.11. The Hall–Kier alpha value is -0.570. The number of carbonyl (C=O) groups excluding carboxylic acids is 1. The number of hydrogen-bond donors (Lipinski definition) is 1. The van der Waals surface area contributed by atoms with Crippen LogP contribution in [0.1, 0.15) is 72.1 Å². The summed E-state index contributed by atoms with van der Waals surface area (Å²) in [5.74, 6) is 1.06. The van der Waals surface area contributed by atoms with Gasteiger partial charge in [0.25, 0.3) is 0 Å². The molecule has 0 bridgehead atoms. The maximum absolute atomic E-state index is 11.0. The van der Waals surface area contributed by atoms with E-state index >= 15 is 0 Å². The lowest BCUT2D eigenvalue weighted by molar-refractivity contribution is -0.158. The summed E-state index contributed by atoms with van der Waals surface area (Å²) in [5, 5.41) is 10.3. The van der Waals surface area contributed by atoms with E-state index in [9.17, 15) is 9.90 Å². The molecule has 3 unspecified atom stereocenters. The summed E-state index contributed by atoms with van der Waals surface area (Å²) >= 11 is 0. The third-order valence-corrected chi connectivity index (χ3v) is 5.78. The second-order valence-corrected chi connectivity index (χ2v) is 7.38. The Bertz CT molecular complexity index is 331. The van der Waals surface area contributed by atoms with Crippen LogP contribution in [0.25, 0.3) is 0 Å². The van der Waals surface area contributed by atoms with E-state index in [1.54, 1.807) is 0 Å². The highest BCUT2D eigenvalue weighted by Crippen LogP contribution is 2.48. The van der Waals surface area contributed by atoms with E-state index < -0.39 is 6.10 Å². The van der Waals surface area contributed by atoms with Crippen molar-refractivity contribution >= 4 is 5.97 Å². The molecule has 2 aliphatic rings. The van der Waals surface area contributed by atoms with Crippen molar-refractivity contribution in [3.05, 3.63) is 0 Å². The van der Waals surface area contributed by atoms with Crippen molar-refractivity contribution in [1.82, 2.24) is 0 Å². The molecule has 2 aliphatic carbocycles. The molecule has 20 heavy (non-hydrogen) atoms. The van der Waals surface area contributed by atoms with E-state index in [4.69, 9.17) is 4.74 Å². The normalized spacial score (nSPS) is 32.9. The number of rotatable bonds is 3. The summed E-state index contributed by atoms with van der Waals surface area (Å²) < 4.78 is 5.22. The fourth-order valence-corrected chi connectivity index (χ4v) is 4.33. The third kappa shape index (κ3) is 3.55. The zero-order valence-electron chi connectivity index (χ0n) is 13.2. The van der Waals surface area contributed by atoms with Gasteiger partial charge >= 0.3 is 5.97 Å². The molecule has 2 fully saturated rings. The zero-order valence-corrected chi connectivity index (χ0v) is 13.2. The fraction of sp³-hybridized carbons (Fsp3) is 0.941. The summed E-state index contributed by atoms with van der Waals surface area (Å²) in [5.41, 5.74) is 0.294. The first-order chi connectivity index (χ1) is 9.41. The van der Waals surface area contributed by atoms with E-state index in [0.717, 1.165) is 25.2 Å². The molecule has 116 valence electrons. The summed E-state index contributed by atoms with van der Waals surface area (Å²) in [6.45, 7) is 6.18. The predicted octanol–water partition coefficient (Wildman–Crippen LogP) is 3.69. The van der Waals surface area contributed by atoms with Crippen LogP contribution in [-0.2, 0) is 9.53 Å². The molecule has 0 aromatic rings. The van der Waals surface area contributed by atoms with Crippen LogP contribution in [0.4, 0.5) is 0 Å². The number of aliphatic hydroxyl groups is 1. The van der Waals surface area contributed by atoms with Crippen LogP contribution < -0.4 is 0 Å². The highest BCUT2D eigenvalue weighted by molar-refractivity contribution is 5.66. The monoisotopic (exact) mass is 282 g/mol. The van der Waals surface area contributed by atoms with Crippen LogP contribution >= 0.6 is 0 Å². The van der Waals surface area contributed by atoms with E-state index in [1.165, 1.54) is 39.0 Å². The second kappa shape index (κ2) is 6.46. The molecule has 1 N–H and O–H groups in total. The minimum absolute atomic E-state index is 0.279. The van der Waals surface area contributed by atoms with Gasteiger partial charge in [-0.2, -0.15) is 0 Å². The number of hydrogen-bond acceptors (Lipinski definition) is 3. The van der Waals surface area contributed by atoms with Crippen LogP contribution in [0.2, 0.25) is 0 Å². The Morgan fingerprint density at radius 1 is 1.05 bits per heavy atom. The Labute approximate surface area is 123 Å². The van der Waals surface area contributed by atoms with Crippen LogP contribution in [0.15, 0.2) is 0 Å². The minimum Gasteiger partial charge on any atom is -0.460 e. The molecule has 0 spiro atoms. The van der Waals surface area contributed by atoms with Gasteiger partial charge < -0.3 is 9.84 Å². The van der Waals surface area contributed by atoms with Gasteiger partial charge in [0.15, 0.2) is 0 Å². The first kappa shape index (κ1) is 15.8. The lowest BCUT2D eigenvalue weighted by atomic mass is 9.60. The summed E-state index contributed by atoms with van der Waals surface area (Å²) in [7, 11) is 0. The maximum Gasteiger partial charge on any atom is 0.302 e. The maximum atomic E-state index is 11.0. The van der Waals surface area contributed by atoms with Crippen molar-refractivity contribution in [2.45, 2.75) is 84.3 Å². The molecule has 0 aliphatic heterocycles. The highest BCUT2D eigenvalue weighted by atomic mass is 16.6. The van der Waals surface area contributed by atoms with Gasteiger partial charge in [0.05, 0.1) is 6.10 Å². The summed E-state index contributed by atoms with van der Waals surface area (Å²) in [6.07, 6.45) is 8.67. The summed E-state index contributed by atoms with van der Waals surface area (Å²) in [4.78, 5) is 11.0. The Morgan fingerprint density at radius 2 is 1.70 bits per heavy atom. The van der Waals surface area contributed by atoms with Gasteiger partial charge in [-0.15, -0.1) is 0 Å². The van der Waals surface area contributed by atoms with Gasteiger partial charge in [-0.1, -0.05) is 33.1 Å². The molecule has 2 rings (SSSR count). The fourth-order valence-electron chi connectivity index (χ4n) is 4.33. The minimum atomic E-state index is -0.486. The molecule has 3 atom stereocenters. The van der Waals surface area contributed by atoms with E-state index in [0.29, 0.717) is 11.3 Å². The molecule has 0 amide bonds. The van der Waals surface area contributed by atoms with Gasteiger partial charge in [-0.3, -0.25) is 4.79 Å². The SMILES string of the molecule is CC(=O)OC1CCC(C(C)(C)C2CCCCC2)CC1O. The first-order valence-electron chi connectivity index (χ1n) is 8.26. The number of esters is 1. The topological polar surface area (TPSA) is 46.5 Å². The smallest absolute Gasteiger partial charge is 0.302 e. The molecule has 0 heterocycles. The standard InChI is InChI=1S/C17H30O3/c1-12(18)20-16-10-9-14(11-15(16)19)17(2,3)13-7-5-4-6-8-13/h13-16,19H,4-11H2,1-3H3. The molecular weight excluding hydrogens is 252 g/mol. The number of ether oxygens (including phenoxy) is 1. The van der Waals surface area contributed by atoms with Crippen molar-refractivity contribution in [3.63, 3.8) is 0 Å². The van der Waals surface area contributed by atoms with Gasteiger partial charge in [-0.05, 0) is 49.4 Å². The van der Waals surface area contributed by atoms with Crippen LogP contribution in [0, 0.1) is 17.3 Å². The van der Waals surface area contributed by atoms with E-state index in [-0.39, 0.29) is 12.1 Å². The molecular formula is C17H30O3. The van der Waals surface area contributed by atoms with Crippen molar-refractivity contribution in [1.29, 1.82) is 0 Å². The summed E-state index contributed by atoms with van der Waals surface area (Å²) in [6, 6.07) is 0. The van der Waals surface area contributed by atoms with Crippen molar-refractivity contribution in [2.24, 2.45) is 17.3 Å². The molecule has 0 aromatic heterocycles. The second-order valence-electron chi connectivity index (χ2n) is 7.38. The highest BCUT2D eigenvalue weighted by Gasteiger charge is 2.42. The predicted molar refractivity (Wildman–Crippen MR) is 79.3 cm³/mol.